The number of fused-ring (bicyclic) bond motifs is 5. The van der Waals surface area contributed by atoms with Crippen LogP contribution in [0.3, 0.4) is 0 Å². The number of rotatable bonds is 6. The highest BCUT2D eigenvalue weighted by molar-refractivity contribution is 5.98. The Morgan fingerprint density at radius 2 is 1.42 bits per heavy atom. The molecule has 3 aromatic carbocycles. The highest BCUT2D eigenvalue weighted by Gasteiger charge is 2.44. The van der Waals surface area contributed by atoms with E-state index in [2.05, 4.69) is 74.5 Å². The number of carbonyl (C=O) groups is 2. The van der Waals surface area contributed by atoms with E-state index in [4.69, 9.17) is 4.74 Å². The van der Waals surface area contributed by atoms with Crippen molar-refractivity contribution >= 4 is 11.9 Å². The third-order valence-corrected chi connectivity index (χ3v) is 8.77. The topological polar surface area (TPSA) is 46.6 Å². The highest BCUT2D eigenvalue weighted by atomic mass is 16.6. The fraction of sp³-hybridized carbons (Fsp3) is 0.412. The molecule has 2 unspecified atom stereocenters. The lowest BCUT2D eigenvalue weighted by molar-refractivity contribution is 0.00651. The Morgan fingerprint density at radius 1 is 0.842 bits per heavy atom. The maximum atomic E-state index is 13.5. The number of ether oxygens (including phenoxy) is 1. The maximum absolute atomic E-state index is 13.5. The summed E-state index contributed by atoms with van der Waals surface area (Å²) in [5, 5.41) is 0. The van der Waals surface area contributed by atoms with Crippen molar-refractivity contribution in [2.75, 3.05) is 6.61 Å². The minimum Gasteiger partial charge on any atom is -0.448 e. The quantitative estimate of drug-likeness (QED) is 0.322. The number of hydrogen-bond acceptors (Lipinski definition) is 3. The molecule has 1 aliphatic carbocycles. The molecule has 2 saturated heterocycles. The van der Waals surface area contributed by atoms with Gasteiger partial charge in [0.2, 0.25) is 0 Å². The molecule has 3 aliphatic rings. The summed E-state index contributed by atoms with van der Waals surface area (Å²) >= 11 is 0. The lowest BCUT2D eigenvalue weighted by Gasteiger charge is -2.47. The molecule has 196 valence electrons. The average Bonchev–Trinajstić information content (AvgIpc) is 3.24. The van der Waals surface area contributed by atoms with E-state index in [0.29, 0.717) is 12.5 Å². The molecule has 4 heteroatoms. The van der Waals surface area contributed by atoms with Gasteiger partial charge in [0.05, 0.1) is 0 Å². The zero-order valence-electron chi connectivity index (χ0n) is 22.4. The fourth-order valence-electron chi connectivity index (χ4n) is 7.07. The van der Waals surface area contributed by atoms with Gasteiger partial charge in [-0.1, -0.05) is 86.6 Å². The lowest BCUT2D eigenvalue weighted by atomic mass is 9.76. The number of hydrogen-bond donors (Lipinski definition) is 0. The Morgan fingerprint density at radius 3 is 2.00 bits per heavy atom. The van der Waals surface area contributed by atoms with Crippen LogP contribution in [0.15, 0.2) is 72.8 Å². The molecule has 2 aliphatic heterocycles. The molecule has 2 atom stereocenters. The first-order valence-electron chi connectivity index (χ1n) is 14.3. The first-order valence-corrected chi connectivity index (χ1v) is 14.3. The van der Waals surface area contributed by atoms with E-state index in [9.17, 15) is 9.59 Å². The molecule has 0 saturated carbocycles. The van der Waals surface area contributed by atoms with Crippen LogP contribution in [0.1, 0.15) is 78.9 Å². The zero-order valence-corrected chi connectivity index (χ0v) is 22.4. The number of amides is 1. The second-order valence-corrected chi connectivity index (χ2v) is 11.8. The van der Waals surface area contributed by atoms with Crippen LogP contribution < -0.4 is 0 Å². The number of carbonyl (C=O) groups excluding carboxylic acids is 2. The molecular weight excluding hydrogens is 470 g/mol. The summed E-state index contributed by atoms with van der Waals surface area (Å²) in [4.78, 5) is 28.9. The summed E-state index contributed by atoms with van der Waals surface area (Å²) in [6.45, 7) is 4.76. The van der Waals surface area contributed by atoms with E-state index < -0.39 is 0 Å². The Kier molecular flexibility index (Phi) is 6.82. The van der Waals surface area contributed by atoms with E-state index in [1.165, 1.54) is 27.8 Å². The Labute approximate surface area is 226 Å². The normalized spacial score (nSPS) is 22.2. The second kappa shape index (κ2) is 10.4. The number of ketones is 1. The maximum Gasteiger partial charge on any atom is 0.410 e. The smallest absolute Gasteiger partial charge is 0.410 e. The molecular formula is C34H37NO3. The van der Waals surface area contributed by atoms with Gasteiger partial charge in [0.1, 0.15) is 6.61 Å². The Hall–Kier alpha value is -3.40. The van der Waals surface area contributed by atoms with Crippen molar-refractivity contribution in [3.63, 3.8) is 0 Å². The minimum atomic E-state index is -0.217. The highest BCUT2D eigenvalue weighted by Crippen LogP contribution is 2.45. The van der Waals surface area contributed by atoms with Crippen LogP contribution in [0.4, 0.5) is 4.79 Å². The van der Waals surface area contributed by atoms with Crippen molar-refractivity contribution in [3.05, 3.63) is 95.1 Å². The van der Waals surface area contributed by atoms with E-state index in [1.54, 1.807) is 0 Å². The molecule has 2 bridgehead atoms. The molecule has 2 fully saturated rings. The van der Waals surface area contributed by atoms with Gasteiger partial charge in [0.25, 0.3) is 0 Å². The van der Waals surface area contributed by atoms with Crippen LogP contribution in [-0.4, -0.2) is 35.5 Å². The van der Waals surface area contributed by atoms with Crippen molar-refractivity contribution in [3.8, 4) is 11.1 Å². The molecule has 4 nitrogen and oxygen atoms in total. The third-order valence-electron chi connectivity index (χ3n) is 8.77. The van der Waals surface area contributed by atoms with Crippen molar-refractivity contribution in [1.29, 1.82) is 0 Å². The molecule has 6 rings (SSSR count). The van der Waals surface area contributed by atoms with Crippen LogP contribution in [0.2, 0.25) is 0 Å². The Bertz CT molecular complexity index is 1270. The van der Waals surface area contributed by atoms with Crippen molar-refractivity contribution in [1.82, 2.24) is 4.90 Å². The molecule has 1 amide bonds. The van der Waals surface area contributed by atoms with Crippen LogP contribution >= 0.6 is 0 Å². The van der Waals surface area contributed by atoms with Gasteiger partial charge in [-0.25, -0.2) is 4.79 Å². The lowest BCUT2D eigenvalue weighted by Crippen LogP contribution is -2.55. The summed E-state index contributed by atoms with van der Waals surface area (Å²) in [7, 11) is 0. The first-order chi connectivity index (χ1) is 18.5. The fourth-order valence-corrected chi connectivity index (χ4v) is 7.07. The predicted molar refractivity (Wildman–Crippen MR) is 150 cm³/mol. The molecule has 0 N–H and O–H groups in total. The van der Waals surface area contributed by atoms with Gasteiger partial charge in [0.15, 0.2) is 5.78 Å². The van der Waals surface area contributed by atoms with E-state index in [1.807, 2.05) is 17.0 Å². The van der Waals surface area contributed by atoms with Gasteiger partial charge in [-0.3, -0.25) is 4.79 Å². The molecule has 0 spiro atoms. The molecule has 0 aromatic heterocycles. The second-order valence-electron chi connectivity index (χ2n) is 11.8. The van der Waals surface area contributed by atoms with Crippen LogP contribution in [-0.2, 0) is 11.2 Å². The van der Waals surface area contributed by atoms with Crippen LogP contribution in [0.5, 0.6) is 0 Å². The number of nitrogens with zero attached hydrogens (tertiary/aromatic N) is 1. The van der Waals surface area contributed by atoms with E-state index in [0.717, 1.165) is 44.1 Å². The third kappa shape index (κ3) is 4.66. The van der Waals surface area contributed by atoms with Gasteiger partial charge in [-0.2, -0.15) is 0 Å². The number of benzene rings is 3. The van der Waals surface area contributed by atoms with E-state index in [-0.39, 0.29) is 35.8 Å². The molecule has 3 aromatic rings. The van der Waals surface area contributed by atoms with Crippen LogP contribution in [0.25, 0.3) is 11.1 Å². The average molecular weight is 508 g/mol. The number of piperidine rings is 2. The van der Waals surface area contributed by atoms with Crippen molar-refractivity contribution < 1.29 is 14.3 Å². The summed E-state index contributed by atoms with van der Waals surface area (Å²) in [6.07, 6.45) is 5.26. The summed E-state index contributed by atoms with van der Waals surface area (Å²) in [6, 6.07) is 25.2. The van der Waals surface area contributed by atoms with Gasteiger partial charge >= 0.3 is 6.09 Å². The molecule has 0 radical (unpaired) electrons. The SMILES string of the molecule is CC(C)Cc1ccc(C(=O)C2CC3CCCC(C2)N3C(=O)OCC2c3ccccc3-c3ccccc32)cc1. The van der Waals surface area contributed by atoms with Gasteiger partial charge in [-0.05, 0) is 72.3 Å². The Balaban J connectivity index is 1.13. The summed E-state index contributed by atoms with van der Waals surface area (Å²) in [5.74, 6) is 0.853. The van der Waals surface area contributed by atoms with Gasteiger partial charge < -0.3 is 9.64 Å². The first kappa shape index (κ1) is 24.9. The van der Waals surface area contributed by atoms with Gasteiger partial charge in [-0.15, -0.1) is 0 Å². The standard InChI is InChI=1S/C34H37NO3/c1-22(2)18-23-14-16-24(17-15-23)33(36)25-19-26-8-7-9-27(20-25)35(26)34(37)38-21-32-30-12-5-3-10-28(30)29-11-4-6-13-31(29)32/h3-6,10-17,22,25-27,32H,7-9,18-21H2,1-2H3. The van der Waals surface area contributed by atoms with Crippen LogP contribution in [0, 0.1) is 11.8 Å². The summed E-state index contributed by atoms with van der Waals surface area (Å²) < 4.78 is 6.04. The van der Waals surface area contributed by atoms with Crippen molar-refractivity contribution in [2.24, 2.45) is 11.8 Å². The van der Waals surface area contributed by atoms with E-state index >= 15 is 0 Å². The van der Waals surface area contributed by atoms with Crippen molar-refractivity contribution in [2.45, 2.75) is 70.4 Å². The molecule has 2 heterocycles. The zero-order chi connectivity index (χ0) is 26.2. The summed E-state index contributed by atoms with van der Waals surface area (Å²) in [5.41, 5.74) is 7.00. The molecule has 38 heavy (non-hydrogen) atoms. The number of Topliss-reactive ketones (excluding diaryl/α,β-unsaturated/α-hetero) is 1. The predicted octanol–water partition coefficient (Wildman–Crippen LogP) is 7.65. The minimum absolute atomic E-state index is 0.0288. The van der Waals surface area contributed by atoms with Gasteiger partial charge in [0, 0.05) is 29.5 Å². The monoisotopic (exact) mass is 507 g/mol. The largest absolute Gasteiger partial charge is 0.448 e.